The van der Waals surface area contributed by atoms with Gasteiger partial charge in [-0.05, 0) is 11.6 Å². The van der Waals surface area contributed by atoms with Crippen molar-refractivity contribution in [3.05, 3.63) is 56.2 Å². The van der Waals surface area contributed by atoms with Gasteiger partial charge < -0.3 is 10.7 Å². The number of aromatic amines is 1. The highest BCUT2D eigenvalue weighted by atomic mass is 32.1. The molecule has 3 rings (SSSR count). The summed E-state index contributed by atoms with van der Waals surface area (Å²) in [7, 11) is 0. The molecular formula is C13H10N4O3S. The van der Waals surface area contributed by atoms with Gasteiger partial charge >= 0.3 is 5.69 Å². The summed E-state index contributed by atoms with van der Waals surface area (Å²) in [6.07, 6.45) is 1.43. The third kappa shape index (κ3) is 2.25. The predicted octanol–water partition coefficient (Wildman–Crippen LogP) is 0.163. The number of rotatable bonds is 3. The molecule has 8 heteroatoms. The molecular weight excluding hydrogens is 292 g/mol. The quantitative estimate of drug-likeness (QED) is 0.718. The lowest BCUT2D eigenvalue weighted by atomic mass is 10.1. The standard InChI is InChI=1S/C13H10N4O3S/c14-9(18)6-7-2-1-3-8-10(7)11(19)17(12(20)16-8)13-15-4-5-21-13/h1-5H,6H2,(H2,14,18)(H,16,20). The molecule has 1 aromatic carbocycles. The highest BCUT2D eigenvalue weighted by molar-refractivity contribution is 7.12. The lowest BCUT2D eigenvalue weighted by Gasteiger charge is -2.06. The van der Waals surface area contributed by atoms with Crippen molar-refractivity contribution in [2.75, 3.05) is 0 Å². The molecule has 0 spiro atoms. The van der Waals surface area contributed by atoms with E-state index in [1.165, 1.54) is 17.5 Å². The number of nitrogens with one attached hydrogen (secondary N) is 1. The number of thiazole rings is 1. The third-order valence-corrected chi connectivity index (χ3v) is 3.74. The molecule has 2 heterocycles. The minimum atomic E-state index is -0.571. The van der Waals surface area contributed by atoms with E-state index in [0.717, 1.165) is 4.57 Å². The van der Waals surface area contributed by atoms with Crippen molar-refractivity contribution in [2.24, 2.45) is 5.73 Å². The van der Waals surface area contributed by atoms with Crippen LogP contribution in [-0.4, -0.2) is 20.4 Å². The highest BCUT2D eigenvalue weighted by Gasteiger charge is 2.14. The molecule has 106 valence electrons. The van der Waals surface area contributed by atoms with E-state index in [1.54, 1.807) is 23.6 Å². The number of primary amides is 1. The number of benzene rings is 1. The Morgan fingerprint density at radius 2 is 2.19 bits per heavy atom. The van der Waals surface area contributed by atoms with E-state index in [1.807, 2.05) is 0 Å². The summed E-state index contributed by atoms with van der Waals surface area (Å²) < 4.78 is 0.956. The van der Waals surface area contributed by atoms with Crippen LogP contribution in [0.2, 0.25) is 0 Å². The van der Waals surface area contributed by atoms with E-state index in [-0.39, 0.29) is 16.9 Å². The van der Waals surface area contributed by atoms with Crippen molar-refractivity contribution in [1.29, 1.82) is 0 Å². The highest BCUT2D eigenvalue weighted by Crippen LogP contribution is 2.14. The molecule has 2 aromatic heterocycles. The Hall–Kier alpha value is -2.74. The van der Waals surface area contributed by atoms with E-state index in [9.17, 15) is 14.4 Å². The van der Waals surface area contributed by atoms with Crippen molar-refractivity contribution in [3.8, 4) is 5.13 Å². The summed E-state index contributed by atoms with van der Waals surface area (Å²) in [6.45, 7) is 0. The Morgan fingerprint density at radius 1 is 1.38 bits per heavy atom. The van der Waals surface area contributed by atoms with Crippen LogP contribution in [0.1, 0.15) is 5.56 Å². The number of hydrogen-bond donors (Lipinski definition) is 2. The minimum Gasteiger partial charge on any atom is -0.369 e. The summed E-state index contributed by atoms with van der Waals surface area (Å²) in [6, 6.07) is 4.90. The zero-order chi connectivity index (χ0) is 15.0. The number of hydrogen-bond acceptors (Lipinski definition) is 5. The van der Waals surface area contributed by atoms with E-state index < -0.39 is 17.2 Å². The molecule has 0 aliphatic rings. The molecule has 7 nitrogen and oxygen atoms in total. The molecule has 3 N–H and O–H groups in total. The normalized spacial score (nSPS) is 10.9. The fourth-order valence-corrected chi connectivity index (χ4v) is 2.80. The monoisotopic (exact) mass is 302 g/mol. The number of nitrogens with two attached hydrogens (primary N) is 1. The summed E-state index contributed by atoms with van der Waals surface area (Å²) in [5, 5.41) is 2.21. The van der Waals surface area contributed by atoms with Gasteiger partial charge in [-0.3, -0.25) is 9.59 Å². The second-order valence-corrected chi connectivity index (χ2v) is 5.24. The van der Waals surface area contributed by atoms with Crippen LogP contribution in [0.3, 0.4) is 0 Å². The summed E-state index contributed by atoms with van der Waals surface area (Å²) in [4.78, 5) is 42.4. The molecule has 0 fully saturated rings. The lowest BCUT2D eigenvalue weighted by Crippen LogP contribution is -2.34. The van der Waals surface area contributed by atoms with Crippen LogP contribution in [0.25, 0.3) is 16.0 Å². The molecule has 0 aliphatic heterocycles. The third-order valence-electron chi connectivity index (χ3n) is 2.99. The molecule has 0 bridgehead atoms. The maximum Gasteiger partial charge on any atom is 0.335 e. The molecule has 21 heavy (non-hydrogen) atoms. The summed E-state index contributed by atoms with van der Waals surface area (Å²) in [5.74, 6) is -0.547. The number of fused-ring (bicyclic) bond motifs is 1. The van der Waals surface area contributed by atoms with Gasteiger partial charge in [0.25, 0.3) is 5.56 Å². The first kappa shape index (κ1) is 13.3. The van der Waals surface area contributed by atoms with Gasteiger partial charge in [-0.1, -0.05) is 12.1 Å². The molecule has 0 radical (unpaired) electrons. The van der Waals surface area contributed by atoms with Crippen LogP contribution >= 0.6 is 11.3 Å². The van der Waals surface area contributed by atoms with Gasteiger partial charge in [0.1, 0.15) is 0 Å². The topological polar surface area (TPSA) is 111 Å². The van der Waals surface area contributed by atoms with E-state index >= 15 is 0 Å². The predicted molar refractivity (Wildman–Crippen MR) is 78.7 cm³/mol. The van der Waals surface area contributed by atoms with Crippen LogP contribution in [0.15, 0.2) is 39.4 Å². The Bertz CT molecular complexity index is 940. The number of carbonyl (C=O) groups is 1. The van der Waals surface area contributed by atoms with Crippen LogP contribution in [-0.2, 0) is 11.2 Å². The number of amides is 1. The summed E-state index contributed by atoms with van der Waals surface area (Å²) in [5.41, 5.74) is 4.96. The van der Waals surface area contributed by atoms with Gasteiger partial charge in [-0.2, -0.15) is 0 Å². The first-order chi connectivity index (χ1) is 10.1. The van der Waals surface area contributed by atoms with Crippen molar-refractivity contribution in [1.82, 2.24) is 14.5 Å². The van der Waals surface area contributed by atoms with Crippen molar-refractivity contribution >= 4 is 28.1 Å². The lowest BCUT2D eigenvalue weighted by molar-refractivity contribution is -0.117. The largest absolute Gasteiger partial charge is 0.369 e. The maximum atomic E-state index is 12.6. The number of nitrogens with zero attached hydrogens (tertiary/aromatic N) is 2. The average molecular weight is 302 g/mol. The Kier molecular flexibility index (Phi) is 3.15. The first-order valence-corrected chi connectivity index (χ1v) is 6.91. The molecule has 3 aromatic rings. The molecule has 0 saturated carbocycles. The Morgan fingerprint density at radius 3 is 2.86 bits per heavy atom. The van der Waals surface area contributed by atoms with Gasteiger partial charge in [0, 0.05) is 11.6 Å². The molecule has 0 aliphatic carbocycles. The van der Waals surface area contributed by atoms with Crippen molar-refractivity contribution in [3.63, 3.8) is 0 Å². The number of aromatic nitrogens is 3. The average Bonchev–Trinajstić information content (AvgIpc) is 2.91. The molecule has 0 saturated heterocycles. The van der Waals surface area contributed by atoms with Gasteiger partial charge in [0.2, 0.25) is 11.0 Å². The second kappa shape index (κ2) is 4.98. The minimum absolute atomic E-state index is 0.0729. The second-order valence-electron chi connectivity index (χ2n) is 4.37. The van der Waals surface area contributed by atoms with Crippen LogP contribution in [0.4, 0.5) is 0 Å². The van der Waals surface area contributed by atoms with Crippen LogP contribution in [0.5, 0.6) is 0 Å². The SMILES string of the molecule is NC(=O)Cc1cccc2[nH]c(=O)n(-c3nccs3)c(=O)c12. The van der Waals surface area contributed by atoms with Gasteiger partial charge in [0.15, 0.2) is 0 Å². The van der Waals surface area contributed by atoms with E-state index in [4.69, 9.17) is 5.73 Å². The zero-order valence-corrected chi connectivity index (χ0v) is 11.5. The van der Waals surface area contributed by atoms with E-state index in [0.29, 0.717) is 11.1 Å². The Labute approximate surface area is 121 Å². The molecule has 1 amide bonds. The fourth-order valence-electron chi connectivity index (χ4n) is 2.17. The van der Waals surface area contributed by atoms with Crippen LogP contribution in [0, 0.1) is 0 Å². The van der Waals surface area contributed by atoms with Crippen LogP contribution < -0.4 is 17.0 Å². The van der Waals surface area contributed by atoms with Gasteiger partial charge in [-0.25, -0.2) is 14.3 Å². The zero-order valence-electron chi connectivity index (χ0n) is 10.7. The number of carbonyl (C=O) groups excluding carboxylic acids is 1. The first-order valence-electron chi connectivity index (χ1n) is 6.03. The maximum absolute atomic E-state index is 12.6. The van der Waals surface area contributed by atoms with E-state index in [2.05, 4.69) is 9.97 Å². The fraction of sp³-hybridized carbons (Fsp3) is 0.0769. The molecule has 0 atom stereocenters. The Balaban J connectivity index is 2.40. The van der Waals surface area contributed by atoms with Crippen molar-refractivity contribution in [2.45, 2.75) is 6.42 Å². The smallest absolute Gasteiger partial charge is 0.335 e. The number of H-pyrrole nitrogens is 1. The van der Waals surface area contributed by atoms with Gasteiger partial charge in [0.05, 0.1) is 17.3 Å². The molecule has 0 unspecified atom stereocenters. The van der Waals surface area contributed by atoms with Crippen molar-refractivity contribution < 1.29 is 4.79 Å². The summed E-state index contributed by atoms with van der Waals surface area (Å²) >= 11 is 1.17. The van der Waals surface area contributed by atoms with Gasteiger partial charge in [-0.15, -0.1) is 11.3 Å².